The fourth-order valence-electron chi connectivity index (χ4n) is 9.88. The van der Waals surface area contributed by atoms with Crippen LogP contribution in [0, 0.1) is 0 Å². The Morgan fingerprint density at radius 1 is 0.781 bits per heavy atom. The lowest BCUT2D eigenvalue weighted by atomic mass is 9.80. The van der Waals surface area contributed by atoms with Crippen LogP contribution in [0.4, 0.5) is 0 Å². The summed E-state index contributed by atoms with van der Waals surface area (Å²) in [5.41, 5.74) is 2.07. The Hall–Kier alpha value is -5.50. The molecule has 3 saturated heterocycles. The van der Waals surface area contributed by atoms with Crippen molar-refractivity contribution in [3.8, 4) is 11.5 Å². The molecule has 0 aliphatic carbocycles. The maximum Gasteiger partial charge on any atom is 0.278 e. The lowest BCUT2D eigenvalue weighted by Crippen LogP contribution is -2.58. The van der Waals surface area contributed by atoms with Gasteiger partial charge >= 0.3 is 0 Å². The van der Waals surface area contributed by atoms with Gasteiger partial charge in [0.2, 0.25) is 0 Å². The number of ether oxygens (including phenoxy) is 4. The van der Waals surface area contributed by atoms with Crippen molar-refractivity contribution in [2.24, 2.45) is 0 Å². The van der Waals surface area contributed by atoms with Crippen molar-refractivity contribution in [2.45, 2.75) is 68.0 Å². The third kappa shape index (κ3) is 7.89. The summed E-state index contributed by atoms with van der Waals surface area (Å²) in [5.74, 6) is 1.48. The van der Waals surface area contributed by atoms with E-state index in [2.05, 4.69) is 99.0 Å². The molecule has 5 aromatic carbocycles. The Kier molecular flexibility index (Phi) is 12.1. The number of benzene rings is 5. The average molecular weight is 894 g/mol. The first-order chi connectivity index (χ1) is 31.4. The molecule has 1 N–H and O–H groups in total. The van der Waals surface area contributed by atoms with E-state index in [1.54, 1.807) is 20.5 Å². The summed E-state index contributed by atoms with van der Waals surface area (Å²) in [7, 11) is -0.363. The summed E-state index contributed by atoms with van der Waals surface area (Å²) in [6.45, 7) is 3.53. The number of nitrogens with one attached hydrogen (secondary N) is 1. The van der Waals surface area contributed by atoms with E-state index in [4.69, 9.17) is 28.0 Å². The first kappa shape index (κ1) is 42.4. The fraction of sp³-hybridized carbons (Fsp3) is 0.300. The molecule has 3 aliphatic rings. The van der Waals surface area contributed by atoms with Crippen LogP contribution in [0.1, 0.15) is 42.2 Å². The number of imidazole rings is 1. The Morgan fingerprint density at radius 3 is 1.98 bits per heavy atom. The highest BCUT2D eigenvalue weighted by molar-refractivity contribution is 7.45. The molecule has 2 aromatic heterocycles. The molecule has 10 rings (SSSR count). The number of aromatic amines is 1. The van der Waals surface area contributed by atoms with E-state index < -0.39 is 40.6 Å². The van der Waals surface area contributed by atoms with Gasteiger partial charge in [0.15, 0.2) is 11.2 Å². The summed E-state index contributed by atoms with van der Waals surface area (Å²) in [5, 5.41) is 2.79. The number of rotatable bonds is 15. The number of nitrogens with zero attached hydrogens (tertiary/aromatic N) is 4. The van der Waals surface area contributed by atoms with Crippen molar-refractivity contribution >= 4 is 38.1 Å². The van der Waals surface area contributed by atoms with Crippen LogP contribution < -0.4 is 25.4 Å². The van der Waals surface area contributed by atoms with Gasteiger partial charge in [-0.2, -0.15) is 0 Å². The van der Waals surface area contributed by atoms with Crippen molar-refractivity contribution in [1.29, 1.82) is 0 Å². The molecular formula is C50H52N5O7PSi. The van der Waals surface area contributed by atoms with E-state index >= 15 is 0 Å². The van der Waals surface area contributed by atoms with Gasteiger partial charge in [-0.3, -0.25) is 9.36 Å². The molecule has 328 valence electrons. The third-order valence-corrected chi connectivity index (χ3v) is 19.5. The Morgan fingerprint density at radius 2 is 1.38 bits per heavy atom. The van der Waals surface area contributed by atoms with Gasteiger partial charge < -0.3 is 33.0 Å². The van der Waals surface area contributed by atoms with Crippen molar-refractivity contribution in [3.05, 3.63) is 179 Å². The monoisotopic (exact) mass is 893 g/mol. The Bertz CT molecular complexity index is 2620. The molecule has 64 heavy (non-hydrogen) atoms. The molecule has 0 saturated carbocycles. The molecule has 0 amide bonds. The standard InChI is InChI=1S/C50H52N5O7PSi/c1-57-38-25-21-36(22-26-38)50(35-14-7-4-8-15-35,37-23-27-39(58-2)28-24-37)59-31-44-43(30-46(60-44)54-34-53-47-48(54)51-33-52-49(47)56)61-63-55-29-13-20-42(55)45(62-63)32-64(3,40-16-9-5-10-17-40)41-18-11-6-12-19-41/h4-12,14-19,21-28,33-34,42-46H,13,20,29-32H2,1-3H3,(H,51,52,56)/t42-,43-,44+,45+,46+,63-/m0/s1. The SMILES string of the molecule is COc1ccc(C(OC[C@H]2O[C@@H](n3cnc4c(=O)[nH]cnc43)C[C@@H]2O[P@@]2O[C@H](C[Si](C)(c3ccccc3)c3ccccc3)[C@@H]3CCCN32)(c2ccccc2)c2ccc(OC)cc2)cc1. The molecule has 0 unspecified atom stereocenters. The molecule has 7 aromatic rings. The highest BCUT2D eigenvalue weighted by Gasteiger charge is 2.52. The van der Waals surface area contributed by atoms with Gasteiger partial charge in [0.25, 0.3) is 14.1 Å². The van der Waals surface area contributed by atoms with Crippen LogP contribution >= 0.6 is 8.53 Å². The molecule has 0 spiro atoms. The van der Waals surface area contributed by atoms with Gasteiger partial charge in [-0.1, -0.05) is 132 Å². The van der Waals surface area contributed by atoms with Crippen LogP contribution in [0.25, 0.3) is 11.2 Å². The maximum atomic E-state index is 12.8. The number of methoxy groups -OCH3 is 2. The minimum atomic E-state index is -2.24. The summed E-state index contributed by atoms with van der Waals surface area (Å²) in [6, 6.07) is 49.4. The van der Waals surface area contributed by atoms with Gasteiger partial charge in [0.05, 0.1) is 45.7 Å². The van der Waals surface area contributed by atoms with Crippen LogP contribution in [0.3, 0.4) is 0 Å². The van der Waals surface area contributed by atoms with E-state index in [0.717, 1.165) is 53.6 Å². The highest BCUT2D eigenvalue weighted by atomic mass is 31.2. The van der Waals surface area contributed by atoms with E-state index in [1.165, 1.54) is 16.7 Å². The predicted molar refractivity (Wildman–Crippen MR) is 250 cm³/mol. The zero-order valence-electron chi connectivity index (χ0n) is 36.2. The smallest absolute Gasteiger partial charge is 0.278 e. The molecular weight excluding hydrogens is 842 g/mol. The van der Waals surface area contributed by atoms with Crippen LogP contribution in [-0.2, 0) is 24.1 Å². The van der Waals surface area contributed by atoms with Gasteiger partial charge in [-0.25, -0.2) is 14.6 Å². The van der Waals surface area contributed by atoms with E-state index in [9.17, 15) is 4.79 Å². The Labute approximate surface area is 375 Å². The molecule has 3 fully saturated rings. The summed E-state index contributed by atoms with van der Waals surface area (Å²) in [4.78, 5) is 24.4. The van der Waals surface area contributed by atoms with E-state index in [-0.39, 0.29) is 29.8 Å². The zero-order chi connectivity index (χ0) is 43.7. The molecule has 5 heterocycles. The average Bonchev–Trinajstić information content (AvgIpc) is 4.17. The maximum absolute atomic E-state index is 12.8. The fourth-order valence-corrected chi connectivity index (χ4v) is 15.8. The van der Waals surface area contributed by atoms with Crippen LogP contribution in [0.15, 0.2) is 157 Å². The molecule has 12 nitrogen and oxygen atoms in total. The molecule has 6 atom stereocenters. The predicted octanol–water partition coefficient (Wildman–Crippen LogP) is 7.80. The molecule has 14 heteroatoms. The van der Waals surface area contributed by atoms with E-state index in [1.807, 2.05) is 71.3 Å². The van der Waals surface area contributed by atoms with Gasteiger partial charge in [0, 0.05) is 19.0 Å². The first-order valence-corrected chi connectivity index (χ1v) is 25.8. The van der Waals surface area contributed by atoms with Crippen molar-refractivity contribution in [3.63, 3.8) is 0 Å². The molecule has 0 radical (unpaired) electrons. The van der Waals surface area contributed by atoms with Crippen LogP contribution in [0.2, 0.25) is 12.6 Å². The number of hydrogen-bond donors (Lipinski definition) is 1. The quantitative estimate of drug-likeness (QED) is 0.0620. The Balaban J connectivity index is 1.00. The zero-order valence-corrected chi connectivity index (χ0v) is 38.1. The van der Waals surface area contributed by atoms with Crippen molar-refractivity contribution < 1.29 is 28.0 Å². The van der Waals surface area contributed by atoms with Crippen molar-refractivity contribution in [1.82, 2.24) is 24.2 Å². The van der Waals surface area contributed by atoms with Crippen molar-refractivity contribution in [2.75, 3.05) is 27.4 Å². The van der Waals surface area contributed by atoms with Gasteiger partial charge in [-0.15, -0.1) is 0 Å². The highest BCUT2D eigenvalue weighted by Crippen LogP contribution is 2.59. The number of aromatic nitrogens is 4. The normalized spacial score (nSPS) is 22.5. The first-order valence-electron chi connectivity index (χ1n) is 21.9. The van der Waals surface area contributed by atoms with Crippen LogP contribution in [0.5, 0.6) is 11.5 Å². The summed E-state index contributed by atoms with van der Waals surface area (Å²) < 4.78 is 44.4. The third-order valence-electron chi connectivity index (χ3n) is 13.3. The number of fused-ring (bicyclic) bond motifs is 2. The lowest BCUT2D eigenvalue weighted by Gasteiger charge is -2.37. The summed E-state index contributed by atoms with van der Waals surface area (Å²) in [6.07, 6.45) is 4.10. The minimum absolute atomic E-state index is 0.00269. The summed E-state index contributed by atoms with van der Waals surface area (Å²) >= 11 is 0. The largest absolute Gasteiger partial charge is 0.497 e. The number of hydrogen-bond acceptors (Lipinski definition) is 10. The number of H-pyrrole nitrogens is 1. The van der Waals surface area contributed by atoms with Crippen LogP contribution in [-0.4, -0.2) is 84.0 Å². The molecule has 0 bridgehead atoms. The topological polar surface area (TPSA) is 122 Å². The second kappa shape index (κ2) is 18.2. The second-order valence-electron chi connectivity index (χ2n) is 16.9. The second-order valence-corrected chi connectivity index (χ2v) is 22.5. The van der Waals surface area contributed by atoms with Gasteiger partial charge in [0.1, 0.15) is 37.5 Å². The molecule has 3 aliphatic heterocycles. The van der Waals surface area contributed by atoms with E-state index in [0.29, 0.717) is 12.1 Å². The lowest BCUT2D eigenvalue weighted by molar-refractivity contribution is -0.0906. The van der Waals surface area contributed by atoms with Gasteiger partial charge in [-0.05, 0) is 59.8 Å². The minimum Gasteiger partial charge on any atom is -0.497 e.